The summed E-state index contributed by atoms with van der Waals surface area (Å²) in [5, 5.41) is 9.07. The molecule has 2 aromatic rings. The van der Waals surface area contributed by atoms with Gasteiger partial charge in [-0.2, -0.15) is 4.98 Å². The Hall–Kier alpha value is -2.51. The number of aryl methyl sites for hydroxylation is 1. The molecular weight excluding hydrogens is 260 g/mol. The van der Waals surface area contributed by atoms with Crippen LogP contribution in [0.2, 0.25) is 0 Å². The molecule has 0 radical (unpaired) electrons. The molecule has 0 aliphatic carbocycles. The number of nitrogens with one attached hydrogen (secondary N) is 2. The average Bonchev–Trinajstić information content (AvgIpc) is 3.02. The molecule has 108 valence electrons. The highest BCUT2D eigenvalue weighted by Gasteiger charge is 2.14. The van der Waals surface area contributed by atoms with Crippen molar-refractivity contribution in [2.75, 3.05) is 12.3 Å². The van der Waals surface area contributed by atoms with Crippen LogP contribution >= 0.6 is 0 Å². The van der Waals surface area contributed by atoms with Crippen LogP contribution in [0.4, 0.5) is 10.7 Å². The van der Waals surface area contributed by atoms with Crippen LogP contribution in [0.3, 0.4) is 0 Å². The molecule has 2 amide bonds. The van der Waals surface area contributed by atoms with Gasteiger partial charge in [0, 0.05) is 6.54 Å². The zero-order valence-corrected chi connectivity index (χ0v) is 11.5. The van der Waals surface area contributed by atoms with Crippen molar-refractivity contribution >= 4 is 12.0 Å². The van der Waals surface area contributed by atoms with E-state index in [4.69, 9.17) is 10.2 Å². The second-order valence-corrected chi connectivity index (χ2v) is 4.33. The van der Waals surface area contributed by atoms with Crippen LogP contribution in [0.25, 0.3) is 0 Å². The minimum atomic E-state index is -0.198. The number of hydrogen-bond acceptors (Lipinski definition) is 5. The van der Waals surface area contributed by atoms with Gasteiger partial charge < -0.3 is 20.4 Å². The quantitative estimate of drug-likeness (QED) is 0.755. The molecule has 2 heterocycles. The second-order valence-electron chi connectivity index (χ2n) is 4.33. The number of amides is 2. The number of carbonyl (C=O) groups excluding carboxylic acids is 1. The molecule has 20 heavy (non-hydrogen) atoms. The van der Waals surface area contributed by atoms with Crippen molar-refractivity contribution in [2.24, 2.45) is 0 Å². The van der Waals surface area contributed by atoms with Gasteiger partial charge in [0.2, 0.25) is 5.95 Å². The first-order chi connectivity index (χ1) is 9.58. The minimum Gasteiger partial charge on any atom is -0.464 e. The summed E-state index contributed by atoms with van der Waals surface area (Å²) in [6, 6.07) is 3.54. The van der Waals surface area contributed by atoms with Gasteiger partial charge in [0.25, 0.3) is 0 Å². The Morgan fingerprint density at radius 2 is 2.35 bits per heavy atom. The normalized spacial score (nSPS) is 10.5. The number of anilines is 1. The molecular formula is C12H18N6O2. The van der Waals surface area contributed by atoms with E-state index in [1.54, 1.807) is 4.90 Å². The van der Waals surface area contributed by atoms with Crippen molar-refractivity contribution in [3.05, 3.63) is 29.5 Å². The van der Waals surface area contributed by atoms with E-state index in [0.717, 1.165) is 11.5 Å². The van der Waals surface area contributed by atoms with E-state index in [0.29, 0.717) is 18.9 Å². The first-order valence-electron chi connectivity index (χ1n) is 6.33. The number of aromatic nitrogens is 3. The van der Waals surface area contributed by atoms with E-state index in [9.17, 15) is 4.79 Å². The Kier molecular flexibility index (Phi) is 4.24. The van der Waals surface area contributed by atoms with Crippen molar-refractivity contribution in [3.8, 4) is 0 Å². The lowest BCUT2D eigenvalue weighted by Gasteiger charge is -2.19. The van der Waals surface area contributed by atoms with Gasteiger partial charge in [-0.15, -0.1) is 5.10 Å². The predicted molar refractivity (Wildman–Crippen MR) is 72.6 cm³/mol. The number of nitrogen functional groups attached to an aromatic ring is 1. The summed E-state index contributed by atoms with van der Waals surface area (Å²) in [6.45, 7) is 5.02. The lowest BCUT2D eigenvalue weighted by atomic mass is 10.4. The molecule has 0 saturated heterocycles. The topological polar surface area (TPSA) is 113 Å². The summed E-state index contributed by atoms with van der Waals surface area (Å²) < 4.78 is 5.47. The van der Waals surface area contributed by atoms with Gasteiger partial charge in [0.1, 0.15) is 17.3 Å². The number of furan rings is 1. The maximum Gasteiger partial charge on any atom is 0.318 e. The summed E-state index contributed by atoms with van der Waals surface area (Å²) in [4.78, 5) is 17.6. The number of urea groups is 1. The zero-order chi connectivity index (χ0) is 14.5. The summed E-state index contributed by atoms with van der Waals surface area (Å²) >= 11 is 0. The molecule has 0 aliphatic rings. The molecule has 0 saturated carbocycles. The van der Waals surface area contributed by atoms with Gasteiger partial charge >= 0.3 is 6.03 Å². The molecule has 8 heteroatoms. The molecule has 0 atom stereocenters. The molecule has 0 aromatic carbocycles. The van der Waals surface area contributed by atoms with Crippen LogP contribution in [0.15, 0.2) is 16.5 Å². The van der Waals surface area contributed by atoms with E-state index in [1.807, 2.05) is 26.0 Å². The number of nitrogens with zero attached hydrogens (tertiary/aromatic N) is 3. The van der Waals surface area contributed by atoms with Crippen molar-refractivity contribution in [1.29, 1.82) is 0 Å². The zero-order valence-electron chi connectivity index (χ0n) is 11.5. The van der Waals surface area contributed by atoms with Crippen LogP contribution in [0.5, 0.6) is 0 Å². The van der Waals surface area contributed by atoms with Crippen molar-refractivity contribution in [1.82, 2.24) is 25.4 Å². The maximum absolute atomic E-state index is 12.0. The van der Waals surface area contributed by atoms with Crippen molar-refractivity contribution < 1.29 is 9.21 Å². The highest BCUT2D eigenvalue weighted by atomic mass is 16.3. The van der Waals surface area contributed by atoms with Gasteiger partial charge in [0.05, 0.1) is 13.1 Å². The van der Waals surface area contributed by atoms with Crippen LogP contribution < -0.4 is 11.1 Å². The van der Waals surface area contributed by atoms with E-state index < -0.39 is 0 Å². The number of rotatable bonds is 5. The van der Waals surface area contributed by atoms with Crippen molar-refractivity contribution in [2.45, 2.75) is 26.9 Å². The second kappa shape index (κ2) is 6.09. The number of aromatic amines is 1. The molecule has 4 N–H and O–H groups in total. The SMILES string of the molecule is CCN(Cc1ccc(C)o1)C(=O)NCc1nc(N)n[nH]1. The van der Waals surface area contributed by atoms with Gasteiger partial charge in [-0.05, 0) is 26.0 Å². The van der Waals surface area contributed by atoms with E-state index in [-0.39, 0.29) is 18.5 Å². The van der Waals surface area contributed by atoms with Gasteiger partial charge in [-0.25, -0.2) is 4.79 Å². The molecule has 2 aromatic heterocycles. The summed E-state index contributed by atoms with van der Waals surface area (Å²) in [5.41, 5.74) is 5.39. The lowest BCUT2D eigenvalue weighted by Crippen LogP contribution is -2.39. The number of hydrogen-bond donors (Lipinski definition) is 3. The molecule has 2 rings (SSSR count). The summed E-state index contributed by atoms with van der Waals surface area (Å²) in [7, 11) is 0. The number of carbonyl (C=O) groups is 1. The van der Waals surface area contributed by atoms with E-state index in [1.165, 1.54) is 0 Å². The van der Waals surface area contributed by atoms with Crippen molar-refractivity contribution in [3.63, 3.8) is 0 Å². The molecule has 0 aliphatic heterocycles. The standard InChI is InChI=1S/C12H18N6O2/c1-3-18(7-9-5-4-8(2)20-9)12(19)14-6-10-15-11(13)17-16-10/h4-5H,3,6-7H2,1-2H3,(H,14,19)(H3,13,15,16,17). The van der Waals surface area contributed by atoms with Crippen LogP contribution in [-0.2, 0) is 13.1 Å². The summed E-state index contributed by atoms with van der Waals surface area (Å²) in [6.07, 6.45) is 0. The van der Waals surface area contributed by atoms with Crippen LogP contribution in [0, 0.1) is 6.92 Å². The molecule has 0 bridgehead atoms. The fraction of sp³-hybridized carbons (Fsp3) is 0.417. The Labute approximate surface area is 116 Å². The Morgan fingerprint density at radius 1 is 1.55 bits per heavy atom. The molecule has 0 fully saturated rings. The Bertz CT molecular complexity index is 576. The third-order valence-corrected chi connectivity index (χ3v) is 2.77. The Balaban J connectivity index is 1.88. The van der Waals surface area contributed by atoms with E-state index >= 15 is 0 Å². The first-order valence-corrected chi connectivity index (χ1v) is 6.33. The van der Waals surface area contributed by atoms with Crippen LogP contribution in [0.1, 0.15) is 24.3 Å². The molecule has 8 nitrogen and oxygen atoms in total. The van der Waals surface area contributed by atoms with Gasteiger partial charge in [-0.3, -0.25) is 5.10 Å². The average molecular weight is 278 g/mol. The highest BCUT2D eigenvalue weighted by molar-refractivity contribution is 5.73. The van der Waals surface area contributed by atoms with Gasteiger partial charge in [0.15, 0.2) is 0 Å². The predicted octanol–water partition coefficient (Wildman–Crippen LogP) is 1.02. The highest BCUT2D eigenvalue weighted by Crippen LogP contribution is 2.09. The fourth-order valence-electron chi connectivity index (χ4n) is 1.75. The largest absolute Gasteiger partial charge is 0.464 e. The maximum atomic E-state index is 12.0. The van der Waals surface area contributed by atoms with E-state index in [2.05, 4.69) is 20.5 Å². The smallest absolute Gasteiger partial charge is 0.318 e. The van der Waals surface area contributed by atoms with Gasteiger partial charge in [-0.1, -0.05) is 0 Å². The monoisotopic (exact) mass is 278 g/mol. The number of nitrogens with two attached hydrogens (primary N) is 1. The fourth-order valence-corrected chi connectivity index (χ4v) is 1.75. The first kappa shape index (κ1) is 13.9. The third-order valence-electron chi connectivity index (χ3n) is 2.77. The number of H-pyrrole nitrogens is 1. The van der Waals surface area contributed by atoms with Crippen LogP contribution in [-0.4, -0.2) is 32.7 Å². The lowest BCUT2D eigenvalue weighted by molar-refractivity contribution is 0.192. The third kappa shape index (κ3) is 3.50. The molecule has 0 unspecified atom stereocenters. The minimum absolute atomic E-state index is 0.160. The summed E-state index contributed by atoms with van der Waals surface area (Å²) in [5.74, 6) is 2.26. The molecule has 0 spiro atoms. The Morgan fingerprint density at radius 3 is 2.90 bits per heavy atom.